The zero-order valence-corrected chi connectivity index (χ0v) is 14.6. The Morgan fingerprint density at radius 3 is 2.64 bits per heavy atom. The third-order valence-electron chi connectivity index (χ3n) is 4.95. The predicted molar refractivity (Wildman–Crippen MR) is 96.3 cm³/mol. The summed E-state index contributed by atoms with van der Waals surface area (Å²) in [5.41, 5.74) is 7.07. The lowest BCUT2D eigenvalue weighted by atomic mass is 9.93. The lowest BCUT2D eigenvalue weighted by molar-refractivity contribution is -0.119. The fourth-order valence-electron chi connectivity index (χ4n) is 3.59. The van der Waals surface area contributed by atoms with Crippen molar-refractivity contribution in [2.45, 2.75) is 25.8 Å². The molecular weight excluding hydrogens is 318 g/mol. The van der Waals surface area contributed by atoms with Crippen LogP contribution in [0.3, 0.4) is 0 Å². The summed E-state index contributed by atoms with van der Waals surface area (Å²) < 4.78 is 7.25. The minimum atomic E-state index is -0.258. The average Bonchev–Trinajstić information content (AvgIpc) is 2.98. The van der Waals surface area contributed by atoms with Gasteiger partial charge in [-0.3, -0.25) is 9.59 Å². The van der Waals surface area contributed by atoms with Crippen molar-refractivity contribution in [1.82, 2.24) is 9.47 Å². The normalized spacial score (nSPS) is 15.6. The maximum absolute atomic E-state index is 13.0. The highest BCUT2D eigenvalue weighted by Gasteiger charge is 2.26. The lowest BCUT2D eigenvalue weighted by Crippen LogP contribution is -2.39. The number of para-hydroxylation sites is 1. The number of fused-ring (bicyclic) bond motifs is 1. The number of hydrogen-bond donors (Lipinski definition) is 1. The van der Waals surface area contributed by atoms with Crippen LogP contribution in [0.1, 0.15) is 29.6 Å². The molecule has 3 rings (SSSR count). The number of rotatable bonds is 6. The van der Waals surface area contributed by atoms with Gasteiger partial charge in [0.1, 0.15) is 0 Å². The van der Waals surface area contributed by atoms with Crippen molar-refractivity contribution in [2.24, 2.45) is 11.7 Å². The third kappa shape index (κ3) is 3.85. The van der Waals surface area contributed by atoms with Crippen LogP contribution in [0.4, 0.5) is 0 Å². The van der Waals surface area contributed by atoms with Crippen molar-refractivity contribution in [2.75, 3.05) is 26.8 Å². The first-order valence-electron chi connectivity index (χ1n) is 8.74. The summed E-state index contributed by atoms with van der Waals surface area (Å²) in [6.07, 6.45) is 4.01. The van der Waals surface area contributed by atoms with Crippen LogP contribution in [0, 0.1) is 5.92 Å². The SMILES string of the molecule is COCCn1cc(C(=O)N2CCC(CC(N)=O)CC2)c2ccccc21. The molecule has 1 aliphatic heterocycles. The Morgan fingerprint density at radius 1 is 1.24 bits per heavy atom. The zero-order chi connectivity index (χ0) is 17.8. The Labute approximate surface area is 147 Å². The molecule has 134 valence electrons. The summed E-state index contributed by atoms with van der Waals surface area (Å²) in [5.74, 6) is 0.0977. The van der Waals surface area contributed by atoms with Gasteiger partial charge in [-0.25, -0.2) is 0 Å². The van der Waals surface area contributed by atoms with Crippen molar-refractivity contribution in [3.63, 3.8) is 0 Å². The summed E-state index contributed by atoms with van der Waals surface area (Å²) in [5, 5.41) is 0.975. The van der Waals surface area contributed by atoms with Gasteiger partial charge in [0.05, 0.1) is 12.2 Å². The summed E-state index contributed by atoms with van der Waals surface area (Å²) in [7, 11) is 1.67. The molecule has 0 aliphatic carbocycles. The summed E-state index contributed by atoms with van der Waals surface area (Å²) >= 11 is 0. The van der Waals surface area contributed by atoms with Gasteiger partial charge in [-0.2, -0.15) is 0 Å². The molecule has 6 nitrogen and oxygen atoms in total. The van der Waals surface area contributed by atoms with E-state index < -0.39 is 0 Å². The predicted octanol–water partition coefficient (Wildman–Crippen LogP) is 2.02. The molecule has 1 aromatic carbocycles. The molecular formula is C19H25N3O3. The topological polar surface area (TPSA) is 77.6 Å². The molecule has 0 bridgehead atoms. The molecule has 6 heteroatoms. The highest BCUT2D eigenvalue weighted by molar-refractivity contribution is 6.07. The number of amides is 2. The van der Waals surface area contributed by atoms with Crippen LogP contribution in [0.15, 0.2) is 30.5 Å². The molecule has 2 amide bonds. The molecule has 25 heavy (non-hydrogen) atoms. The van der Waals surface area contributed by atoms with E-state index >= 15 is 0 Å². The van der Waals surface area contributed by atoms with Crippen LogP contribution in [0.2, 0.25) is 0 Å². The summed E-state index contributed by atoms with van der Waals surface area (Å²) in [4.78, 5) is 26.0. The Bertz CT molecular complexity index is 760. The molecule has 0 saturated carbocycles. The molecule has 1 fully saturated rings. The van der Waals surface area contributed by atoms with E-state index in [0.29, 0.717) is 38.6 Å². The second kappa shape index (κ2) is 7.70. The summed E-state index contributed by atoms with van der Waals surface area (Å²) in [6.45, 7) is 2.67. The van der Waals surface area contributed by atoms with E-state index in [-0.39, 0.29) is 11.8 Å². The number of methoxy groups -OCH3 is 1. The first-order valence-corrected chi connectivity index (χ1v) is 8.74. The maximum Gasteiger partial charge on any atom is 0.256 e. The number of ether oxygens (including phenoxy) is 1. The van der Waals surface area contributed by atoms with Gasteiger partial charge in [-0.05, 0) is 24.8 Å². The molecule has 0 atom stereocenters. The van der Waals surface area contributed by atoms with Crippen LogP contribution < -0.4 is 5.73 Å². The highest BCUT2D eigenvalue weighted by atomic mass is 16.5. The quantitative estimate of drug-likeness (QED) is 0.871. The number of piperidine rings is 1. The number of hydrogen-bond acceptors (Lipinski definition) is 3. The fraction of sp³-hybridized carbons (Fsp3) is 0.474. The Kier molecular flexibility index (Phi) is 5.38. The van der Waals surface area contributed by atoms with Crippen LogP contribution in [-0.4, -0.2) is 48.1 Å². The van der Waals surface area contributed by atoms with E-state index in [2.05, 4.69) is 4.57 Å². The van der Waals surface area contributed by atoms with Gasteiger partial charge in [-0.1, -0.05) is 18.2 Å². The van der Waals surface area contributed by atoms with Crippen molar-refractivity contribution in [1.29, 1.82) is 0 Å². The monoisotopic (exact) mass is 343 g/mol. The second-order valence-electron chi connectivity index (χ2n) is 6.65. The van der Waals surface area contributed by atoms with Crippen LogP contribution >= 0.6 is 0 Å². The fourth-order valence-corrected chi connectivity index (χ4v) is 3.59. The number of nitrogens with two attached hydrogens (primary N) is 1. The third-order valence-corrected chi connectivity index (χ3v) is 4.95. The Morgan fingerprint density at radius 2 is 1.96 bits per heavy atom. The van der Waals surface area contributed by atoms with E-state index in [0.717, 1.165) is 29.3 Å². The number of benzene rings is 1. The molecule has 0 radical (unpaired) electrons. The molecule has 1 aromatic heterocycles. The van der Waals surface area contributed by atoms with Crippen molar-refractivity contribution in [3.05, 3.63) is 36.0 Å². The van der Waals surface area contributed by atoms with E-state index in [1.807, 2.05) is 35.4 Å². The Hall–Kier alpha value is -2.34. The van der Waals surface area contributed by atoms with Crippen molar-refractivity contribution >= 4 is 22.7 Å². The minimum absolute atomic E-state index is 0.0601. The first kappa shape index (κ1) is 17.5. The van der Waals surface area contributed by atoms with E-state index in [1.165, 1.54) is 0 Å². The Balaban J connectivity index is 1.77. The molecule has 2 N–H and O–H groups in total. The number of nitrogens with zero attached hydrogens (tertiary/aromatic N) is 2. The number of primary amides is 1. The van der Waals surface area contributed by atoms with Gasteiger partial charge in [0.15, 0.2) is 0 Å². The van der Waals surface area contributed by atoms with Gasteiger partial charge in [-0.15, -0.1) is 0 Å². The van der Waals surface area contributed by atoms with E-state index in [1.54, 1.807) is 7.11 Å². The maximum atomic E-state index is 13.0. The molecule has 0 spiro atoms. The van der Waals surface area contributed by atoms with Gasteiger partial charge in [0.2, 0.25) is 5.91 Å². The average molecular weight is 343 g/mol. The van der Waals surface area contributed by atoms with Gasteiger partial charge < -0.3 is 19.9 Å². The number of carbonyl (C=O) groups is 2. The molecule has 2 aromatic rings. The molecule has 1 aliphatic rings. The number of carbonyl (C=O) groups excluding carboxylic acids is 2. The standard InChI is InChI=1S/C19H25N3O3/c1-25-11-10-22-13-16(15-4-2-3-5-17(15)22)19(24)21-8-6-14(7-9-21)12-18(20)23/h2-5,13-14H,6-12H2,1H3,(H2,20,23). The second-order valence-corrected chi connectivity index (χ2v) is 6.65. The van der Waals surface area contributed by atoms with Crippen LogP contribution in [-0.2, 0) is 16.1 Å². The lowest BCUT2D eigenvalue weighted by Gasteiger charge is -2.31. The first-order chi connectivity index (χ1) is 12.1. The zero-order valence-electron chi connectivity index (χ0n) is 14.6. The highest BCUT2D eigenvalue weighted by Crippen LogP contribution is 2.26. The number of aromatic nitrogens is 1. The summed E-state index contributed by atoms with van der Waals surface area (Å²) in [6, 6.07) is 7.96. The van der Waals surface area contributed by atoms with Crippen LogP contribution in [0.25, 0.3) is 10.9 Å². The largest absolute Gasteiger partial charge is 0.383 e. The molecule has 2 heterocycles. The van der Waals surface area contributed by atoms with Crippen molar-refractivity contribution in [3.8, 4) is 0 Å². The van der Waals surface area contributed by atoms with Gasteiger partial charge in [0.25, 0.3) is 5.91 Å². The van der Waals surface area contributed by atoms with E-state index in [4.69, 9.17) is 10.5 Å². The van der Waals surface area contributed by atoms with E-state index in [9.17, 15) is 9.59 Å². The minimum Gasteiger partial charge on any atom is -0.383 e. The van der Waals surface area contributed by atoms with Gasteiger partial charge in [0, 0.05) is 50.3 Å². The van der Waals surface area contributed by atoms with Gasteiger partial charge >= 0.3 is 0 Å². The van der Waals surface area contributed by atoms with Crippen molar-refractivity contribution < 1.29 is 14.3 Å². The number of likely N-dealkylation sites (tertiary alicyclic amines) is 1. The smallest absolute Gasteiger partial charge is 0.256 e. The molecule has 1 saturated heterocycles. The van der Waals surface area contributed by atoms with Crippen LogP contribution in [0.5, 0.6) is 0 Å². The molecule has 0 unspecified atom stereocenters.